The van der Waals surface area contributed by atoms with Crippen LogP contribution in [-0.2, 0) is 4.79 Å². The van der Waals surface area contributed by atoms with Crippen molar-refractivity contribution in [1.29, 1.82) is 0 Å². The Morgan fingerprint density at radius 2 is 1.60 bits per heavy atom. The summed E-state index contributed by atoms with van der Waals surface area (Å²) in [5.74, 6) is -2.48. The van der Waals surface area contributed by atoms with Crippen LogP contribution in [0.1, 0.15) is 41.0 Å². The molecule has 0 fully saturated rings. The number of nitrogens with zero attached hydrogens (tertiary/aromatic N) is 1. The van der Waals surface area contributed by atoms with Crippen LogP contribution in [0.4, 0.5) is 0 Å². The average molecular weight is 299 g/mol. The SMILES string of the molecule is CC(C)CC(C(=O)[O-])N1C(=O)c2ccccc2C1=O.[K+]. The number of fused-ring (bicyclic) bond motifs is 1. The van der Waals surface area contributed by atoms with Crippen molar-refractivity contribution < 1.29 is 70.9 Å². The van der Waals surface area contributed by atoms with Gasteiger partial charge in [0.25, 0.3) is 11.8 Å². The molecule has 1 unspecified atom stereocenters. The molecule has 5 nitrogen and oxygen atoms in total. The van der Waals surface area contributed by atoms with Gasteiger partial charge >= 0.3 is 51.4 Å². The third kappa shape index (κ3) is 3.20. The number of hydrogen-bond donors (Lipinski definition) is 0. The van der Waals surface area contributed by atoms with Crippen LogP contribution in [0.25, 0.3) is 0 Å². The molecule has 0 aliphatic carbocycles. The summed E-state index contributed by atoms with van der Waals surface area (Å²) in [6.45, 7) is 3.65. The van der Waals surface area contributed by atoms with E-state index < -0.39 is 23.8 Å². The first-order valence-corrected chi connectivity index (χ1v) is 6.11. The Hall–Kier alpha value is -0.534. The minimum atomic E-state index is -1.40. The van der Waals surface area contributed by atoms with Crippen LogP contribution < -0.4 is 56.5 Å². The Balaban J connectivity index is 0.00000200. The van der Waals surface area contributed by atoms with Gasteiger partial charge in [-0.15, -0.1) is 0 Å². The fourth-order valence-corrected chi connectivity index (χ4v) is 2.24. The number of hydrogen-bond acceptors (Lipinski definition) is 4. The largest absolute Gasteiger partial charge is 1.00 e. The molecular formula is C14H14KNO4. The second kappa shape index (κ2) is 6.95. The minimum Gasteiger partial charge on any atom is -0.548 e. The maximum absolute atomic E-state index is 12.1. The van der Waals surface area contributed by atoms with Gasteiger partial charge in [-0.25, -0.2) is 0 Å². The van der Waals surface area contributed by atoms with Crippen molar-refractivity contribution in [3.05, 3.63) is 35.4 Å². The van der Waals surface area contributed by atoms with E-state index in [2.05, 4.69) is 0 Å². The van der Waals surface area contributed by atoms with Gasteiger partial charge in [-0.2, -0.15) is 0 Å². The summed E-state index contributed by atoms with van der Waals surface area (Å²) in [7, 11) is 0. The van der Waals surface area contributed by atoms with Crippen LogP contribution in [0, 0.1) is 5.92 Å². The molecule has 0 radical (unpaired) electrons. The minimum absolute atomic E-state index is 0. The van der Waals surface area contributed by atoms with E-state index >= 15 is 0 Å². The van der Waals surface area contributed by atoms with Crippen LogP contribution >= 0.6 is 0 Å². The maximum atomic E-state index is 12.1. The number of rotatable bonds is 4. The molecule has 2 rings (SSSR count). The van der Waals surface area contributed by atoms with Crippen molar-refractivity contribution in [3.63, 3.8) is 0 Å². The van der Waals surface area contributed by atoms with Gasteiger partial charge in [-0.05, 0) is 24.5 Å². The summed E-state index contributed by atoms with van der Waals surface area (Å²) in [5, 5.41) is 11.2. The topological polar surface area (TPSA) is 77.5 Å². The quantitative estimate of drug-likeness (QED) is 0.453. The van der Waals surface area contributed by atoms with Gasteiger partial charge in [0.2, 0.25) is 0 Å². The Labute approximate surface area is 159 Å². The van der Waals surface area contributed by atoms with Crippen molar-refractivity contribution in [2.24, 2.45) is 5.92 Å². The molecule has 0 bridgehead atoms. The summed E-state index contributed by atoms with van der Waals surface area (Å²) >= 11 is 0. The van der Waals surface area contributed by atoms with Gasteiger partial charge in [0, 0.05) is 0 Å². The number of carboxylic acid groups (broad SMARTS) is 1. The van der Waals surface area contributed by atoms with Crippen LogP contribution in [-0.4, -0.2) is 28.7 Å². The van der Waals surface area contributed by atoms with E-state index in [0.29, 0.717) is 0 Å². The van der Waals surface area contributed by atoms with Gasteiger partial charge < -0.3 is 9.90 Å². The van der Waals surface area contributed by atoms with E-state index in [9.17, 15) is 19.5 Å². The number of benzene rings is 1. The molecule has 0 aromatic heterocycles. The zero-order valence-corrected chi connectivity index (χ0v) is 14.9. The summed E-state index contributed by atoms with van der Waals surface area (Å²) < 4.78 is 0. The predicted octanol–water partition coefficient (Wildman–Crippen LogP) is -2.55. The molecule has 0 spiro atoms. The van der Waals surface area contributed by atoms with Crippen LogP contribution in [0.2, 0.25) is 0 Å². The van der Waals surface area contributed by atoms with Crippen molar-refractivity contribution in [1.82, 2.24) is 4.90 Å². The van der Waals surface area contributed by atoms with Gasteiger partial charge in [0.1, 0.15) is 0 Å². The Morgan fingerprint density at radius 1 is 1.15 bits per heavy atom. The van der Waals surface area contributed by atoms with E-state index in [0.717, 1.165) is 4.90 Å². The monoisotopic (exact) mass is 299 g/mol. The van der Waals surface area contributed by atoms with Gasteiger partial charge in [-0.3, -0.25) is 14.5 Å². The molecule has 1 atom stereocenters. The Kier molecular flexibility index (Phi) is 6.09. The van der Waals surface area contributed by atoms with E-state index in [1.54, 1.807) is 12.1 Å². The molecule has 100 valence electrons. The summed E-state index contributed by atoms with van der Waals surface area (Å²) in [6, 6.07) is 5.12. The Morgan fingerprint density at radius 3 is 1.95 bits per heavy atom. The second-order valence-corrected chi connectivity index (χ2v) is 4.99. The van der Waals surface area contributed by atoms with E-state index in [4.69, 9.17) is 0 Å². The van der Waals surface area contributed by atoms with Crippen LogP contribution in [0.5, 0.6) is 0 Å². The molecule has 1 heterocycles. The first kappa shape index (κ1) is 17.5. The molecule has 6 heteroatoms. The smallest absolute Gasteiger partial charge is 0.548 e. The molecule has 20 heavy (non-hydrogen) atoms. The first-order valence-electron chi connectivity index (χ1n) is 6.11. The van der Waals surface area contributed by atoms with E-state index in [-0.39, 0.29) is 74.9 Å². The van der Waals surface area contributed by atoms with Crippen molar-refractivity contribution in [2.75, 3.05) is 0 Å². The predicted molar refractivity (Wildman–Crippen MR) is 65.2 cm³/mol. The van der Waals surface area contributed by atoms with E-state index in [1.165, 1.54) is 12.1 Å². The fraction of sp³-hybridized carbons (Fsp3) is 0.357. The zero-order chi connectivity index (χ0) is 14.2. The third-order valence-electron chi connectivity index (χ3n) is 3.10. The zero-order valence-electron chi connectivity index (χ0n) is 11.8. The molecule has 1 aliphatic heterocycles. The second-order valence-electron chi connectivity index (χ2n) is 4.99. The molecule has 0 saturated carbocycles. The van der Waals surface area contributed by atoms with Gasteiger partial charge in [-0.1, -0.05) is 26.0 Å². The van der Waals surface area contributed by atoms with Crippen molar-refractivity contribution in [3.8, 4) is 0 Å². The van der Waals surface area contributed by atoms with Crippen LogP contribution in [0.3, 0.4) is 0 Å². The first-order chi connectivity index (χ1) is 8.93. The normalized spacial score (nSPS) is 15.1. The molecule has 1 aromatic carbocycles. The van der Waals surface area contributed by atoms with Crippen LogP contribution in [0.15, 0.2) is 24.3 Å². The summed E-state index contributed by atoms with van der Waals surface area (Å²) in [4.78, 5) is 36.3. The number of carbonyl (C=O) groups is 3. The number of carboxylic acids is 1. The van der Waals surface area contributed by atoms with Gasteiger partial charge in [0.05, 0.1) is 23.1 Å². The van der Waals surface area contributed by atoms with Crippen molar-refractivity contribution in [2.45, 2.75) is 26.3 Å². The fourth-order valence-electron chi connectivity index (χ4n) is 2.24. The number of carbonyl (C=O) groups excluding carboxylic acids is 3. The summed E-state index contributed by atoms with van der Waals surface area (Å²) in [5.41, 5.74) is 0.505. The average Bonchev–Trinajstić information content (AvgIpc) is 2.60. The molecule has 1 aliphatic rings. The number of imide groups is 1. The number of aliphatic carboxylic acids is 1. The molecule has 0 N–H and O–H groups in total. The molecule has 2 amide bonds. The Bertz CT molecular complexity index is 521. The standard InChI is InChI=1S/C14H15NO4.K/c1-8(2)7-11(14(18)19)15-12(16)9-5-3-4-6-10(9)13(15)17;/h3-6,8,11H,7H2,1-2H3,(H,18,19);/q;+1/p-1. The van der Waals surface area contributed by atoms with Crippen molar-refractivity contribution >= 4 is 17.8 Å². The van der Waals surface area contributed by atoms with E-state index in [1.807, 2.05) is 13.8 Å². The van der Waals surface area contributed by atoms with Gasteiger partial charge in [0.15, 0.2) is 0 Å². The maximum Gasteiger partial charge on any atom is 1.00 e. The molecule has 1 aromatic rings. The number of amides is 2. The molecular weight excluding hydrogens is 285 g/mol. The third-order valence-corrected chi connectivity index (χ3v) is 3.10. The molecule has 0 saturated heterocycles. The summed E-state index contributed by atoms with van der Waals surface area (Å²) in [6.07, 6.45) is 0.188.